The van der Waals surface area contributed by atoms with Gasteiger partial charge in [0, 0.05) is 6.42 Å². The second-order valence-electron chi connectivity index (χ2n) is 5.95. The molecule has 0 radical (unpaired) electrons. The van der Waals surface area contributed by atoms with E-state index in [4.69, 9.17) is 9.84 Å². The number of benzene rings is 1. The maximum absolute atomic E-state index is 10.8. The fourth-order valence-electron chi connectivity index (χ4n) is 3.04. The molecule has 5 nitrogen and oxygen atoms in total. The monoisotopic (exact) mass is 305 g/mol. The summed E-state index contributed by atoms with van der Waals surface area (Å²) in [5.74, 6) is 0.157. The number of rotatable bonds is 3. The minimum atomic E-state index is -0.972. The van der Waals surface area contributed by atoms with Gasteiger partial charge in [-0.3, -0.25) is 4.79 Å². The molecule has 0 saturated heterocycles. The normalized spacial score (nSPS) is 21.6. The number of para-hydroxylation sites is 1. The van der Waals surface area contributed by atoms with Crippen molar-refractivity contribution >= 4 is 12.4 Å². The molecule has 1 aromatic rings. The lowest BCUT2D eigenvalue weighted by Gasteiger charge is -2.32. The van der Waals surface area contributed by atoms with Crippen molar-refractivity contribution in [2.45, 2.75) is 57.1 Å². The van der Waals surface area contributed by atoms with Crippen LogP contribution in [0.4, 0.5) is 0 Å². The maximum Gasteiger partial charge on any atom is 0.329 e. The zero-order valence-corrected chi connectivity index (χ0v) is 12.9. The molecule has 0 spiro atoms. The molecule has 22 heavy (non-hydrogen) atoms. The molecule has 5 heteroatoms. The number of carbonyl (C=O) groups excluding carboxylic acids is 1. The number of nitrogens with one attached hydrogen (secondary N) is 1. The summed E-state index contributed by atoms with van der Waals surface area (Å²) in [6.07, 6.45) is 5.87. The highest BCUT2D eigenvalue weighted by molar-refractivity contribution is 5.81. The van der Waals surface area contributed by atoms with Crippen LogP contribution in [-0.4, -0.2) is 29.1 Å². The summed E-state index contributed by atoms with van der Waals surface area (Å²) in [6.45, 7) is 2.10. The summed E-state index contributed by atoms with van der Waals surface area (Å²) >= 11 is 0. The first-order valence-corrected chi connectivity index (χ1v) is 7.77. The Morgan fingerprint density at radius 2 is 2.00 bits per heavy atom. The highest BCUT2D eigenvalue weighted by Crippen LogP contribution is 2.28. The molecule has 0 bridgehead atoms. The molecule has 1 fully saturated rings. The van der Waals surface area contributed by atoms with E-state index in [1.807, 2.05) is 12.1 Å². The summed E-state index contributed by atoms with van der Waals surface area (Å²) in [5.41, 5.74) is 0.370. The highest BCUT2D eigenvalue weighted by Gasteiger charge is 2.38. The Labute approximate surface area is 130 Å². The van der Waals surface area contributed by atoms with Gasteiger partial charge in [-0.25, -0.2) is 4.79 Å². The van der Waals surface area contributed by atoms with E-state index in [1.54, 1.807) is 0 Å². The quantitative estimate of drug-likeness (QED) is 0.841. The SMILES string of the molecule is CC1Cc2ccccc2O1.O=CNC1(C(=O)O)CCCCC1. The predicted octanol–water partition coefficient (Wildman–Crippen LogP) is 2.53. The smallest absolute Gasteiger partial charge is 0.329 e. The molecular weight excluding hydrogens is 282 g/mol. The number of ether oxygens (including phenoxy) is 1. The van der Waals surface area contributed by atoms with E-state index in [-0.39, 0.29) is 0 Å². The van der Waals surface area contributed by atoms with Crippen LogP contribution in [0.15, 0.2) is 24.3 Å². The first kappa shape index (κ1) is 16.3. The fourth-order valence-corrected chi connectivity index (χ4v) is 3.04. The van der Waals surface area contributed by atoms with Crippen LogP contribution in [0.25, 0.3) is 0 Å². The molecule has 1 unspecified atom stereocenters. The van der Waals surface area contributed by atoms with Gasteiger partial charge in [-0.1, -0.05) is 37.5 Å². The maximum atomic E-state index is 10.8. The number of carboxylic acids is 1. The van der Waals surface area contributed by atoms with E-state index in [2.05, 4.69) is 24.4 Å². The van der Waals surface area contributed by atoms with Gasteiger partial charge in [-0.15, -0.1) is 0 Å². The van der Waals surface area contributed by atoms with Gasteiger partial charge in [-0.05, 0) is 31.4 Å². The van der Waals surface area contributed by atoms with Crippen LogP contribution in [0.3, 0.4) is 0 Å². The van der Waals surface area contributed by atoms with Gasteiger partial charge in [-0.2, -0.15) is 0 Å². The van der Waals surface area contributed by atoms with Crippen LogP contribution in [-0.2, 0) is 16.0 Å². The van der Waals surface area contributed by atoms with Crippen molar-refractivity contribution in [1.82, 2.24) is 5.32 Å². The number of carbonyl (C=O) groups is 2. The Bertz CT molecular complexity index is 498. The third kappa shape index (κ3) is 3.78. The molecule has 2 N–H and O–H groups in total. The number of hydrogen-bond donors (Lipinski definition) is 2. The predicted molar refractivity (Wildman–Crippen MR) is 82.9 cm³/mol. The summed E-state index contributed by atoms with van der Waals surface area (Å²) < 4.78 is 5.51. The largest absolute Gasteiger partial charge is 0.490 e. The first-order valence-electron chi connectivity index (χ1n) is 7.77. The van der Waals surface area contributed by atoms with E-state index in [0.29, 0.717) is 25.4 Å². The van der Waals surface area contributed by atoms with Crippen LogP contribution < -0.4 is 10.1 Å². The van der Waals surface area contributed by atoms with Crippen molar-refractivity contribution in [1.29, 1.82) is 0 Å². The van der Waals surface area contributed by atoms with Gasteiger partial charge < -0.3 is 15.2 Å². The van der Waals surface area contributed by atoms with Crippen molar-refractivity contribution in [3.05, 3.63) is 29.8 Å². The minimum absolute atomic E-state index is 0.373. The summed E-state index contributed by atoms with van der Waals surface area (Å²) in [6, 6.07) is 8.22. The standard InChI is InChI=1S/C9H10O.C8H13NO3/c1-7-6-8-4-2-3-5-9(8)10-7;10-6-9-8(7(11)12)4-2-1-3-5-8/h2-5,7H,6H2,1H3;6H,1-5H2,(H,9,10)(H,11,12). The molecule has 0 aromatic heterocycles. The second-order valence-corrected chi connectivity index (χ2v) is 5.95. The van der Waals surface area contributed by atoms with Crippen LogP contribution >= 0.6 is 0 Å². The van der Waals surface area contributed by atoms with Crippen LogP contribution in [0.1, 0.15) is 44.6 Å². The number of fused-ring (bicyclic) bond motifs is 1. The van der Waals surface area contributed by atoms with Crippen LogP contribution in [0, 0.1) is 0 Å². The van der Waals surface area contributed by atoms with Crippen molar-refractivity contribution < 1.29 is 19.4 Å². The lowest BCUT2D eigenvalue weighted by Crippen LogP contribution is -2.52. The Morgan fingerprint density at radius 1 is 1.32 bits per heavy atom. The Morgan fingerprint density at radius 3 is 2.59 bits per heavy atom. The van der Waals surface area contributed by atoms with E-state index >= 15 is 0 Å². The van der Waals surface area contributed by atoms with Gasteiger partial charge in [0.2, 0.25) is 6.41 Å². The molecular formula is C17H23NO4. The van der Waals surface area contributed by atoms with Gasteiger partial charge >= 0.3 is 5.97 Å². The molecule has 3 rings (SSSR count). The number of amides is 1. The van der Waals surface area contributed by atoms with Gasteiger partial charge in [0.25, 0.3) is 0 Å². The Kier molecular flexibility index (Phi) is 5.41. The molecule has 1 heterocycles. The summed E-state index contributed by atoms with van der Waals surface area (Å²) in [4.78, 5) is 21.1. The van der Waals surface area contributed by atoms with E-state index < -0.39 is 11.5 Å². The fraction of sp³-hybridized carbons (Fsp3) is 0.529. The summed E-state index contributed by atoms with van der Waals surface area (Å²) in [7, 11) is 0. The van der Waals surface area contributed by atoms with Gasteiger partial charge in [0.15, 0.2) is 0 Å². The lowest BCUT2D eigenvalue weighted by atomic mass is 9.82. The third-order valence-electron chi connectivity index (χ3n) is 4.26. The van der Waals surface area contributed by atoms with Crippen molar-refractivity contribution in [2.75, 3.05) is 0 Å². The molecule has 1 saturated carbocycles. The van der Waals surface area contributed by atoms with Crippen molar-refractivity contribution in [3.8, 4) is 5.75 Å². The van der Waals surface area contributed by atoms with Gasteiger partial charge in [0.05, 0.1) is 0 Å². The number of aliphatic carboxylic acids is 1. The zero-order valence-electron chi connectivity index (χ0n) is 12.9. The van der Waals surface area contributed by atoms with Crippen molar-refractivity contribution in [2.24, 2.45) is 0 Å². The molecule has 120 valence electrons. The zero-order chi connectivity index (χ0) is 16.0. The Balaban J connectivity index is 0.000000162. The third-order valence-corrected chi connectivity index (χ3v) is 4.26. The Hall–Kier alpha value is -2.04. The molecule has 1 aliphatic heterocycles. The molecule has 1 aliphatic carbocycles. The molecule has 1 amide bonds. The van der Waals surface area contributed by atoms with Gasteiger partial charge in [0.1, 0.15) is 17.4 Å². The second kappa shape index (κ2) is 7.29. The topological polar surface area (TPSA) is 75.6 Å². The lowest BCUT2D eigenvalue weighted by molar-refractivity contribution is -0.147. The number of hydrogen-bond acceptors (Lipinski definition) is 3. The average Bonchev–Trinajstić information content (AvgIpc) is 2.89. The minimum Gasteiger partial charge on any atom is -0.490 e. The van der Waals surface area contributed by atoms with Crippen molar-refractivity contribution in [3.63, 3.8) is 0 Å². The number of carboxylic acid groups (broad SMARTS) is 1. The van der Waals surface area contributed by atoms with E-state index in [1.165, 1.54) is 5.56 Å². The van der Waals surface area contributed by atoms with Crippen LogP contribution in [0.2, 0.25) is 0 Å². The van der Waals surface area contributed by atoms with Crippen LogP contribution in [0.5, 0.6) is 5.75 Å². The average molecular weight is 305 g/mol. The highest BCUT2D eigenvalue weighted by atomic mass is 16.5. The van der Waals surface area contributed by atoms with E-state index in [9.17, 15) is 9.59 Å². The summed E-state index contributed by atoms with van der Waals surface area (Å²) in [5, 5.41) is 11.3. The first-order chi connectivity index (χ1) is 10.6. The molecule has 1 aromatic carbocycles. The molecule has 1 atom stereocenters. The molecule has 2 aliphatic rings. The van der Waals surface area contributed by atoms with E-state index in [0.717, 1.165) is 31.4 Å².